The molecule has 0 aromatic rings. The second-order valence-electron chi connectivity index (χ2n) is 6.66. The molecular formula is C12H24Si. The van der Waals surface area contributed by atoms with Crippen molar-refractivity contribution in [3.05, 3.63) is 0 Å². The van der Waals surface area contributed by atoms with Gasteiger partial charge >= 0.3 is 0 Å². The minimum atomic E-state index is -0.818. The van der Waals surface area contributed by atoms with Gasteiger partial charge < -0.3 is 0 Å². The first-order valence-electron chi connectivity index (χ1n) is 5.93. The molecule has 0 heterocycles. The van der Waals surface area contributed by atoms with E-state index in [1.165, 1.54) is 19.3 Å². The molecule has 0 atom stereocenters. The van der Waals surface area contributed by atoms with Crippen LogP contribution in [-0.4, -0.2) is 8.07 Å². The van der Waals surface area contributed by atoms with Crippen LogP contribution in [0, 0.1) is 5.41 Å². The average molecular weight is 196 g/mol. The summed E-state index contributed by atoms with van der Waals surface area (Å²) in [6.07, 6.45) is 9.22. The molecule has 0 spiro atoms. The summed E-state index contributed by atoms with van der Waals surface area (Å²) in [5, 5.41) is 0.904. The highest BCUT2D eigenvalue weighted by Gasteiger charge is 2.70. The molecule has 0 amide bonds. The normalized spacial score (nSPS) is 42.5. The maximum atomic E-state index is 2.57. The van der Waals surface area contributed by atoms with Gasteiger partial charge in [0.2, 0.25) is 0 Å². The number of hydrogen-bond donors (Lipinski definition) is 0. The van der Waals surface area contributed by atoms with Crippen LogP contribution in [-0.2, 0) is 0 Å². The number of rotatable bonds is 4. The zero-order chi connectivity index (χ0) is 9.74. The molecule has 3 aliphatic carbocycles. The van der Waals surface area contributed by atoms with Gasteiger partial charge in [-0.1, -0.05) is 39.4 Å². The lowest BCUT2D eigenvalue weighted by molar-refractivity contribution is -0.103. The van der Waals surface area contributed by atoms with Crippen LogP contribution in [0.2, 0.25) is 24.7 Å². The maximum absolute atomic E-state index is 2.57. The first kappa shape index (κ1) is 9.76. The van der Waals surface area contributed by atoms with Crippen molar-refractivity contribution in [1.29, 1.82) is 0 Å². The molecule has 0 N–H and O–H groups in total. The molecule has 0 nitrogen and oxygen atoms in total. The smallest absolute Gasteiger partial charge is 0.0506 e. The van der Waals surface area contributed by atoms with Crippen LogP contribution >= 0.6 is 0 Å². The molecular weight excluding hydrogens is 172 g/mol. The molecule has 0 saturated heterocycles. The average Bonchev–Trinajstić information content (AvgIpc) is 1.78. The summed E-state index contributed by atoms with van der Waals surface area (Å²) in [7, 11) is -0.818. The van der Waals surface area contributed by atoms with E-state index in [1.807, 2.05) is 0 Å². The summed E-state index contributed by atoms with van der Waals surface area (Å²) in [6, 6.07) is 0. The van der Waals surface area contributed by atoms with Crippen LogP contribution in [0.4, 0.5) is 0 Å². The monoisotopic (exact) mass is 196 g/mol. The fraction of sp³-hybridized carbons (Fsp3) is 1.00. The van der Waals surface area contributed by atoms with E-state index in [4.69, 9.17) is 0 Å². The Morgan fingerprint density at radius 1 is 1.08 bits per heavy atom. The van der Waals surface area contributed by atoms with Crippen molar-refractivity contribution in [2.75, 3.05) is 0 Å². The highest BCUT2D eigenvalue weighted by Crippen LogP contribution is 2.83. The fourth-order valence-corrected chi connectivity index (χ4v) is 6.33. The molecule has 76 valence electrons. The van der Waals surface area contributed by atoms with Crippen molar-refractivity contribution in [1.82, 2.24) is 0 Å². The first-order chi connectivity index (χ1) is 5.93. The van der Waals surface area contributed by atoms with Gasteiger partial charge in [-0.2, -0.15) is 0 Å². The van der Waals surface area contributed by atoms with Gasteiger partial charge in [0.15, 0.2) is 0 Å². The quantitative estimate of drug-likeness (QED) is 0.583. The summed E-state index contributed by atoms with van der Waals surface area (Å²) in [5.41, 5.74) is 0.871. The third kappa shape index (κ3) is 1.23. The van der Waals surface area contributed by atoms with Gasteiger partial charge in [-0.3, -0.25) is 0 Å². The Kier molecular flexibility index (Phi) is 1.97. The van der Waals surface area contributed by atoms with Gasteiger partial charge in [0.25, 0.3) is 0 Å². The second-order valence-corrected chi connectivity index (χ2v) is 12.2. The van der Waals surface area contributed by atoms with E-state index < -0.39 is 8.07 Å². The summed E-state index contributed by atoms with van der Waals surface area (Å²) >= 11 is 0. The van der Waals surface area contributed by atoms with E-state index in [9.17, 15) is 0 Å². The van der Waals surface area contributed by atoms with Crippen LogP contribution in [0.25, 0.3) is 0 Å². The summed E-state index contributed by atoms with van der Waals surface area (Å²) in [6.45, 7) is 10.0. The van der Waals surface area contributed by atoms with Gasteiger partial charge in [-0.15, -0.1) is 0 Å². The zero-order valence-electron chi connectivity index (χ0n) is 9.74. The molecule has 3 saturated carbocycles. The van der Waals surface area contributed by atoms with E-state index in [0.717, 1.165) is 10.5 Å². The van der Waals surface area contributed by atoms with Crippen LogP contribution in [0.5, 0.6) is 0 Å². The molecule has 3 aliphatic rings. The Morgan fingerprint density at radius 2 is 1.62 bits per heavy atom. The third-order valence-corrected chi connectivity index (χ3v) is 8.50. The molecule has 0 radical (unpaired) electrons. The molecule has 3 fully saturated rings. The molecule has 13 heavy (non-hydrogen) atoms. The largest absolute Gasteiger partial charge is 0.0691 e. The molecule has 0 aromatic heterocycles. The van der Waals surface area contributed by atoms with Crippen molar-refractivity contribution in [3.63, 3.8) is 0 Å². The predicted molar refractivity (Wildman–Crippen MR) is 61.8 cm³/mol. The topological polar surface area (TPSA) is 0 Å². The van der Waals surface area contributed by atoms with Crippen molar-refractivity contribution < 1.29 is 0 Å². The number of hydrogen-bond acceptors (Lipinski definition) is 0. The summed E-state index contributed by atoms with van der Waals surface area (Å²) in [5.74, 6) is 0. The van der Waals surface area contributed by atoms with Crippen LogP contribution in [0.1, 0.15) is 45.4 Å². The van der Waals surface area contributed by atoms with Gasteiger partial charge in [-0.25, -0.2) is 0 Å². The molecule has 1 heteroatoms. The summed E-state index contributed by atoms with van der Waals surface area (Å²) in [4.78, 5) is 0. The Hall–Kier alpha value is 0.217. The Balaban J connectivity index is 1.86. The standard InChI is InChI=1S/C12H24Si/c1-5-6-7-11-8-12(9-11,10-11)13(2,3)4/h5-10H2,1-4H3. The minimum absolute atomic E-state index is 0.818. The van der Waals surface area contributed by atoms with Gasteiger partial charge in [0, 0.05) is 0 Å². The van der Waals surface area contributed by atoms with E-state index in [1.54, 1.807) is 19.3 Å². The van der Waals surface area contributed by atoms with Crippen molar-refractivity contribution in [2.45, 2.75) is 70.1 Å². The third-order valence-electron chi connectivity index (χ3n) is 4.79. The van der Waals surface area contributed by atoms with Crippen LogP contribution in [0.15, 0.2) is 0 Å². The molecule has 0 aliphatic heterocycles. The van der Waals surface area contributed by atoms with Crippen LogP contribution in [0.3, 0.4) is 0 Å². The van der Waals surface area contributed by atoms with E-state index in [-0.39, 0.29) is 0 Å². The highest BCUT2D eigenvalue weighted by atomic mass is 28.3. The van der Waals surface area contributed by atoms with Crippen molar-refractivity contribution in [3.8, 4) is 0 Å². The second kappa shape index (κ2) is 2.62. The van der Waals surface area contributed by atoms with Gasteiger partial charge in [0.05, 0.1) is 8.07 Å². The zero-order valence-corrected chi connectivity index (χ0v) is 10.7. The highest BCUT2D eigenvalue weighted by molar-refractivity contribution is 6.79. The first-order valence-corrected chi connectivity index (χ1v) is 9.43. The lowest BCUT2D eigenvalue weighted by atomic mass is 9.42. The number of unbranched alkanes of at least 4 members (excludes halogenated alkanes) is 1. The van der Waals surface area contributed by atoms with E-state index >= 15 is 0 Å². The predicted octanol–water partition coefficient (Wildman–Crippen LogP) is 4.44. The van der Waals surface area contributed by atoms with Gasteiger partial charge in [0.1, 0.15) is 0 Å². The van der Waals surface area contributed by atoms with E-state index in [2.05, 4.69) is 26.6 Å². The Bertz CT molecular complexity index is 192. The minimum Gasteiger partial charge on any atom is -0.0691 e. The van der Waals surface area contributed by atoms with Crippen LogP contribution < -0.4 is 0 Å². The lowest BCUT2D eigenvalue weighted by Crippen LogP contribution is -2.65. The van der Waals surface area contributed by atoms with Gasteiger partial charge in [-0.05, 0) is 36.1 Å². The molecule has 2 bridgehead atoms. The van der Waals surface area contributed by atoms with E-state index in [0.29, 0.717) is 0 Å². The van der Waals surface area contributed by atoms with Crippen molar-refractivity contribution >= 4 is 8.07 Å². The summed E-state index contributed by atoms with van der Waals surface area (Å²) < 4.78 is 0. The molecule has 3 rings (SSSR count). The lowest BCUT2D eigenvalue weighted by Gasteiger charge is -2.76. The molecule has 0 aromatic carbocycles. The SMILES string of the molecule is CCCCC12CC([Si](C)(C)C)(C1)C2. The Morgan fingerprint density at radius 3 is 2.00 bits per heavy atom. The maximum Gasteiger partial charge on any atom is 0.0506 e. The molecule has 0 unspecified atom stereocenters. The fourth-order valence-electron chi connectivity index (χ4n) is 3.61. The Labute approximate surface area is 84.1 Å². The van der Waals surface area contributed by atoms with Crippen molar-refractivity contribution in [2.24, 2.45) is 5.41 Å².